The molecule has 3 rings (SSSR count). The van der Waals surface area contributed by atoms with Crippen LogP contribution in [0.25, 0.3) is 0 Å². The van der Waals surface area contributed by atoms with Gasteiger partial charge in [-0.1, -0.05) is 36.4 Å². The highest BCUT2D eigenvalue weighted by Gasteiger charge is 2.37. The van der Waals surface area contributed by atoms with Gasteiger partial charge in [0.25, 0.3) is 0 Å². The van der Waals surface area contributed by atoms with Gasteiger partial charge in [0, 0.05) is 6.42 Å². The fraction of sp³-hybridized carbons (Fsp3) is 0.0769. The fourth-order valence-electron chi connectivity index (χ4n) is 2.27. The van der Waals surface area contributed by atoms with Crippen LogP contribution in [0.15, 0.2) is 48.5 Å². The monoisotopic (exact) mass is 269 g/mol. The Bertz CT molecular complexity index is 549. The van der Waals surface area contributed by atoms with Crippen molar-refractivity contribution >= 4 is 22.7 Å². The lowest BCUT2D eigenvalue weighted by atomic mass is 9.97. The van der Waals surface area contributed by atoms with E-state index in [0.717, 1.165) is 11.1 Å². The number of benzene rings is 2. The highest BCUT2D eigenvalue weighted by Crippen LogP contribution is 2.63. The SMILES string of the molecule is FS(F)(F)N1c2ccccc2Cc2ccccc21. The van der Waals surface area contributed by atoms with Gasteiger partial charge in [-0.25, -0.2) is 4.31 Å². The highest BCUT2D eigenvalue weighted by atomic mass is 32.3. The summed E-state index contributed by atoms with van der Waals surface area (Å²) >= 11 is -5.32. The second kappa shape index (κ2) is 3.95. The highest BCUT2D eigenvalue weighted by molar-refractivity contribution is 8.22. The van der Waals surface area contributed by atoms with Crippen LogP contribution >= 0.6 is 11.4 Å². The maximum atomic E-state index is 13.3. The van der Waals surface area contributed by atoms with E-state index in [1.165, 1.54) is 12.1 Å². The summed E-state index contributed by atoms with van der Waals surface area (Å²) in [6.45, 7) is 0. The van der Waals surface area contributed by atoms with Crippen molar-refractivity contribution in [3.63, 3.8) is 0 Å². The van der Waals surface area contributed by atoms with E-state index < -0.39 is 11.4 Å². The van der Waals surface area contributed by atoms with Gasteiger partial charge in [0.2, 0.25) is 0 Å². The molecule has 1 aliphatic rings. The maximum Gasteiger partial charge on any atom is 0.306 e. The molecule has 18 heavy (non-hydrogen) atoms. The predicted molar refractivity (Wildman–Crippen MR) is 68.7 cm³/mol. The Morgan fingerprint density at radius 2 is 1.22 bits per heavy atom. The number of hydrogen-bond donors (Lipinski definition) is 0. The van der Waals surface area contributed by atoms with E-state index in [4.69, 9.17) is 0 Å². The Hall–Kier alpha value is -1.62. The Morgan fingerprint density at radius 1 is 0.778 bits per heavy atom. The topological polar surface area (TPSA) is 3.24 Å². The predicted octanol–water partition coefficient (Wildman–Crippen LogP) is 5.10. The molecule has 0 spiro atoms. The molecule has 1 aliphatic heterocycles. The third kappa shape index (κ3) is 1.75. The standard InChI is InChI=1S/C13H10F3NS/c14-18(15,16)17-12-7-3-1-5-10(12)9-11-6-2-4-8-13(11)17/h1-8H,9H2. The molecular formula is C13H10F3NS. The zero-order valence-electron chi connectivity index (χ0n) is 9.32. The molecule has 5 heteroatoms. The largest absolute Gasteiger partial charge is 0.306 e. The van der Waals surface area contributed by atoms with Gasteiger partial charge < -0.3 is 0 Å². The van der Waals surface area contributed by atoms with Crippen molar-refractivity contribution in [1.82, 2.24) is 0 Å². The number of hydrogen-bond acceptors (Lipinski definition) is 1. The molecule has 0 aromatic heterocycles. The third-order valence-electron chi connectivity index (χ3n) is 3.01. The van der Waals surface area contributed by atoms with Gasteiger partial charge in [-0.15, -0.1) is 11.7 Å². The Labute approximate surface area is 105 Å². The molecule has 0 N–H and O–H groups in total. The number of anilines is 2. The zero-order valence-corrected chi connectivity index (χ0v) is 10.1. The van der Waals surface area contributed by atoms with Gasteiger partial charge in [0.15, 0.2) is 0 Å². The zero-order chi connectivity index (χ0) is 12.8. The molecule has 0 aliphatic carbocycles. The fourth-order valence-corrected chi connectivity index (χ4v) is 3.08. The van der Waals surface area contributed by atoms with E-state index in [0.29, 0.717) is 10.7 Å². The molecule has 0 unspecified atom stereocenters. The first kappa shape index (κ1) is 11.5. The minimum atomic E-state index is -5.32. The quantitative estimate of drug-likeness (QED) is 0.696. The van der Waals surface area contributed by atoms with Crippen molar-refractivity contribution in [3.05, 3.63) is 59.7 Å². The van der Waals surface area contributed by atoms with Gasteiger partial charge in [-0.2, -0.15) is 0 Å². The molecule has 0 saturated heterocycles. The van der Waals surface area contributed by atoms with Crippen molar-refractivity contribution in [3.8, 4) is 0 Å². The van der Waals surface area contributed by atoms with Crippen LogP contribution in [0.5, 0.6) is 0 Å². The van der Waals surface area contributed by atoms with Crippen molar-refractivity contribution in [2.75, 3.05) is 4.31 Å². The van der Waals surface area contributed by atoms with Crippen LogP contribution in [0.1, 0.15) is 11.1 Å². The van der Waals surface area contributed by atoms with E-state index in [1.807, 2.05) is 0 Å². The minimum absolute atomic E-state index is 0.263. The molecular weight excluding hydrogens is 259 g/mol. The molecule has 1 heterocycles. The van der Waals surface area contributed by atoms with E-state index in [1.54, 1.807) is 36.4 Å². The smallest absolute Gasteiger partial charge is 0.229 e. The Balaban J connectivity index is 2.24. The minimum Gasteiger partial charge on any atom is -0.229 e. The first-order valence-corrected chi connectivity index (χ1v) is 6.75. The number of rotatable bonds is 1. The van der Waals surface area contributed by atoms with Gasteiger partial charge in [0.05, 0.1) is 11.4 Å². The van der Waals surface area contributed by atoms with Crippen molar-refractivity contribution in [1.29, 1.82) is 0 Å². The van der Waals surface area contributed by atoms with Crippen LogP contribution < -0.4 is 4.31 Å². The van der Waals surface area contributed by atoms with Crippen LogP contribution in [0.4, 0.5) is 23.0 Å². The molecule has 0 radical (unpaired) electrons. The summed E-state index contributed by atoms with van der Waals surface area (Å²) in [5.41, 5.74) is 1.97. The second-order valence-corrected chi connectivity index (χ2v) is 5.24. The molecule has 0 bridgehead atoms. The van der Waals surface area contributed by atoms with Crippen LogP contribution in [-0.2, 0) is 6.42 Å². The van der Waals surface area contributed by atoms with Gasteiger partial charge >= 0.3 is 11.4 Å². The van der Waals surface area contributed by atoms with E-state index in [9.17, 15) is 11.7 Å². The molecule has 0 saturated carbocycles. The van der Waals surface area contributed by atoms with Crippen LogP contribution in [0.3, 0.4) is 0 Å². The van der Waals surface area contributed by atoms with Crippen LogP contribution in [0, 0.1) is 0 Å². The Kier molecular flexibility index (Phi) is 2.52. The molecule has 0 amide bonds. The summed E-state index contributed by atoms with van der Waals surface area (Å²) < 4.78 is 40.5. The first-order valence-electron chi connectivity index (χ1n) is 5.45. The molecule has 1 nitrogen and oxygen atoms in total. The summed E-state index contributed by atoms with van der Waals surface area (Å²) in [4.78, 5) is 0. The molecule has 2 aromatic rings. The number of para-hydroxylation sites is 2. The average Bonchev–Trinajstić information content (AvgIpc) is 2.34. The molecule has 94 valence electrons. The summed E-state index contributed by atoms with van der Waals surface area (Å²) in [5, 5.41) is 0. The molecule has 0 atom stereocenters. The average molecular weight is 269 g/mol. The summed E-state index contributed by atoms with van der Waals surface area (Å²) in [6.07, 6.45) is 0.554. The van der Waals surface area contributed by atoms with E-state index in [-0.39, 0.29) is 11.4 Å². The van der Waals surface area contributed by atoms with Gasteiger partial charge in [-0.05, 0) is 23.3 Å². The van der Waals surface area contributed by atoms with Gasteiger partial charge in [0.1, 0.15) is 0 Å². The van der Waals surface area contributed by atoms with Crippen molar-refractivity contribution in [2.45, 2.75) is 6.42 Å². The summed E-state index contributed by atoms with van der Waals surface area (Å²) in [6, 6.07) is 13.4. The summed E-state index contributed by atoms with van der Waals surface area (Å²) in [5.74, 6) is 0. The van der Waals surface area contributed by atoms with E-state index in [2.05, 4.69) is 0 Å². The lowest BCUT2D eigenvalue weighted by molar-refractivity contribution is 0.632. The lowest BCUT2D eigenvalue weighted by Gasteiger charge is -2.35. The van der Waals surface area contributed by atoms with Crippen molar-refractivity contribution < 1.29 is 11.7 Å². The third-order valence-corrected chi connectivity index (χ3v) is 3.82. The normalized spacial score (nSPS) is 14.9. The number of fused-ring (bicyclic) bond motifs is 2. The second-order valence-electron chi connectivity index (χ2n) is 4.11. The van der Waals surface area contributed by atoms with Crippen LogP contribution in [-0.4, -0.2) is 0 Å². The number of nitrogens with zero attached hydrogens (tertiary/aromatic N) is 1. The summed E-state index contributed by atoms with van der Waals surface area (Å²) in [7, 11) is 0. The van der Waals surface area contributed by atoms with Gasteiger partial charge in [-0.3, -0.25) is 0 Å². The van der Waals surface area contributed by atoms with Crippen molar-refractivity contribution in [2.24, 2.45) is 0 Å². The van der Waals surface area contributed by atoms with Crippen LogP contribution in [0.2, 0.25) is 0 Å². The first-order chi connectivity index (χ1) is 8.57. The Morgan fingerprint density at radius 3 is 1.67 bits per heavy atom. The lowest BCUT2D eigenvalue weighted by Crippen LogP contribution is -2.20. The number of halogens is 3. The maximum absolute atomic E-state index is 13.3. The van der Waals surface area contributed by atoms with E-state index >= 15 is 0 Å². The molecule has 0 fully saturated rings. The molecule has 2 aromatic carbocycles.